The van der Waals surface area contributed by atoms with Crippen LogP contribution in [0.2, 0.25) is 0 Å². The van der Waals surface area contributed by atoms with Crippen LogP contribution in [0.4, 0.5) is 0 Å². The number of nitrogens with zero attached hydrogens (tertiary/aromatic N) is 3. The van der Waals surface area contributed by atoms with Crippen molar-refractivity contribution in [3.8, 4) is 0 Å². The third-order valence-corrected chi connectivity index (χ3v) is 3.81. The van der Waals surface area contributed by atoms with Crippen molar-refractivity contribution in [2.75, 3.05) is 33.3 Å². The van der Waals surface area contributed by atoms with Crippen LogP contribution in [-0.4, -0.2) is 62.4 Å². The Morgan fingerprint density at radius 2 is 2.10 bits per heavy atom. The lowest BCUT2D eigenvalue weighted by molar-refractivity contribution is -0.124. The molecule has 1 amide bonds. The summed E-state index contributed by atoms with van der Waals surface area (Å²) >= 11 is 0. The first kappa shape index (κ1) is 17.6. The quantitative estimate of drug-likeness (QED) is 0.531. The van der Waals surface area contributed by atoms with Gasteiger partial charge >= 0.3 is 0 Å². The highest BCUT2D eigenvalue weighted by Gasteiger charge is 2.29. The second-order valence-corrected chi connectivity index (χ2v) is 5.75. The molecule has 0 spiro atoms. The summed E-state index contributed by atoms with van der Waals surface area (Å²) in [4.78, 5) is 21.4. The number of hydrogen-bond donors (Lipinski definition) is 2. The third kappa shape index (κ3) is 5.81. The van der Waals surface area contributed by atoms with Crippen molar-refractivity contribution in [1.29, 1.82) is 0 Å². The first-order chi connectivity index (χ1) is 9.90. The van der Waals surface area contributed by atoms with Crippen LogP contribution in [0.25, 0.3) is 0 Å². The number of amidine groups is 1. The molecule has 7 nitrogen and oxygen atoms in total. The van der Waals surface area contributed by atoms with Crippen molar-refractivity contribution in [3.63, 3.8) is 0 Å². The Bertz CT molecular complexity index is 400. The monoisotopic (exact) mass is 297 g/mol. The van der Waals surface area contributed by atoms with E-state index in [9.17, 15) is 4.79 Å². The van der Waals surface area contributed by atoms with E-state index in [-0.39, 0.29) is 12.0 Å². The maximum absolute atomic E-state index is 10.7. The van der Waals surface area contributed by atoms with E-state index in [0.717, 1.165) is 31.8 Å². The summed E-state index contributed by atoms with van der Waals surface area (Å²) in [7, 11) is 1.71. The highest BCUT2D eigenvalue weighted by atomic mass is 16.5. The van der Waals surface area contributed by atoms with Gasteiger partial charge in [-0.1, -0.05) is 6.92 Å². The largest absolute Gasteiger partial charge is 0.368 e. The molecular weight excluding hydrogens is 270 g/mol. The Morgan fingerprint density at radius 3 is 2.57 bits per heavy atom. The molecule has 1 aliphatic heterocycles. The number of carbonyl (C=O) groups excluding carboxylic acids is 1. The molecule has 0 saturated carbocycles. The summed E-state index contributed by atoms with van der Waals surface area (Å²) in [5, 5.41) is 0. The van der Waals surface area contributed by atoms with Gasteiger partial charge in [-0.25, -0.2) is 4.99 Å². The summed E-state index contributed by atoms with van der Waals surface area (Å²) in [5.74, 6) is 0.271. The lowest BCUT2D eigenvalue weighted by Crippen LogP contribution is -2.45. The fraction of sp³-hybridized carbons (Fsp3) is 0.786. The van der Waals surface area contributed by atoms with Crippen molar-refractivity contribution < 1.29 is 9.53 Å². The average Bonchev–Trinajstić information content (AvgIpc) is 2.45. The fourth-order valence-electron chi connectivity index (χ4n) is 2.22. The van der Waals surface area contributed by atoms with Gasteiger partial charge in [0.05, 0.1) is 6.21 Å². The van der Waals surface area contributed by atoms with Crippen molar-refractivity contribution in [2.45, 2.75) is 32.9 Å². The van der Waals surface area contributed by atoms with E-state index in [1.165, 1.54) is 0 Å². The van der Waals surface area contributed by atoms with Crippen molar-refractivity contribution in [1.82, 2.24) is 4.90 Å². The Kier molecular flexibility index (Phi) is 6.77. The van der Waals surface area contributed by atoms with E-state index in [4.69, 9.17) is 16.2 Å². The Morgan fingerprint density at radius 1 is 1.48 bits per heavy atom. The van der Waals surface area contributed by atoms with Crippen LogP contribution in [0.5, 0.6) is 0 Å². The van der Waals surface area contributed by atoms with Gasteiger partial charge in [0.25, 0.3) is 0 Å². The molecule has 1 fully saturated rings. The average molecular weight is 297 g/mol. The van der Waals surface area contributed by atoms with Gasteiger partial charge in [0.15, 0.2) is 0 Å². The van der Waals surface area contributed by atoms with Crippen LogP contribution >= 0.6 is 0 Å². The van der Waals surface area contributed by atoms with E-state index in [0.29, 0.717) is 6.54 Å². The Labute approximate surface area is 126 Å². The van der Waals surface area contributed by atoms with Crippen LogP contribution in [0.15, 0.2) is 9.98 Å². The molecule has 1 atom stereocenters. The van der Waals surface area contributed by atoms with E-state index in [1.54, 1.807) is 20.2 Å². The minimum Gasteiger partial charge on any atom is -0.368 e. The number of rotatable bonds is 6. The number of likely N-dealkylation sites (tertiary alicyclic amines) is 1. The zero-order valence-corrected chi connectivity index (χ0v) is 13.2. The number of hydrogen-bond acceptors (Lipinski definition) is 5. The molecule has 1 rings (SSSR count). The van der Waals surface area contributed by atoms with Crippen molar-refractivity contribution in [2.24, 2.45) is 26.9 Å². The summed E-state index contributed by atoms with van der Waals surface area (Å²) < 4.78 is 5.26. The molecule has 4 N–H and O–H groups in total. The molecule has 120 valence electrons. The predicted molar refractivity (Wildman–Crippen MR) is 84.4 cm³/mol. The lowest BCUT2D eigenvalue weighted by atomic mass is 9.80. The standard InChI is InChI=1S/C14H27N5O2/c1-11(21-9-12(16)20)18-13(8-17-3)19-6-4-14(2,10-15)5-7-19/h8,11H,4-7,9-10,15H2,1-3H3,(H2,16,20). The van der Waals surface area contributed by atoms with Crippen LogP contribution in [-0.2, 0) is 9.53 Å². The first-order valence-electron chi connectivity index (χ1n) is 7.25. The third-order valence-electron chi connectivity index (χ3n) is 3.81. The highest BCUT2D eigenvalue weighted by molar-refractivity contribution is 6.29. The molecule has 0 aromatic carbocycles. The van der Waals surface area contributed by atoms with E-state index in [1.807, 2.05) is 0 Å². The smallest absolute Gasteiger partial charge is 0.243 e. The van der Waals surface area contributed by atoms with Gasteiger partial charge in [0.2, 0.25) is 5.91 Å². The number of amides is 1. The van der Waals surface area contributed by atoms with Crippen molar-refractivity contribution >= 4 is 18.0 Å². The van der Waals surface area contributed by atoms with Gasteiger partial charge in [-0.2, -0.15) is 0 Å². The van der Waals surface area contributed by atoms with Crippen LogP contribution in [0.1, 0.15) is 26.7 Å². The maximum atomic E-state index is 10.7. The molecule has 0 bridgehead atoms. The summed E-state index contributed by atoms with van der Waals surface area (Å²) in [6.07, 6.45) is 3.33. The van der Waals surface area contributed by atoms with Crippen LogP contribution in [0, 0.1) is 5.41 Å². The van der Waals surface area contributed by atoms with Crippen molar-refractivity contribution in [3.05, 3.63) is 0 Å². The Balaban J connectivity index is 2.67. The summed E-state index contributed by atoms with van der Waals surface area (Å²) in [5.41, 5.74) is 11.1. The number of nitrogens with two attached hydrogens (primary N) is 2. The fourth-order valence-corrected chi connectivity index (χ4v) is 2.22. The van der Waals surface area contributed by atoms with Gasteiger partial charge in [-0.15, -0.1) is 0 Å². The van der Waals surface area contributed by atoms with Gasteiger partial charge < -0.3 is 21.1 Å². The van der Waals surface area contributed by atoms with Crippen LogP contribution < -0.4 is 11.5 Å². The lowest BCUT2D eigenvalue weighted by Gasteiger charge is -2.39. The molecule has 21 heavy (non-hydrogen) atoms. The topological polar surface area (TPSA) is 106 Å². The van der Waals surface area contributed by atoms with Gasteiger partial charge in [0.1, 0.15) is 18.7 Å². The number of ether oxygens (including phenoxy) is 1. The van der Waals surface area contributed by atoms with Gasteiger partial charge in [-0.3, -0.25) is 9.79 Å². The molecule has 1 aliphatic rings. The molecule has 0 aromatic rings. The minimum absolute atomic E-state index is 0.132. The minimum atomic E-state index is -0.501. The molecule has 0 aromatic heterocycles. The number of piperidine rings is 1. The zero-order valence-electron chi connectivity index (χ0n) is 13.2. The van der Waals surface area contributed by atoms with Gasteiger partial charge in [0, 0.05) is 20.1 Å². The summed E-state index contributed by atoms with van der Waals surface area (Å²) in [6, 6.07) is 0. The second kappa shape index (κ2) is 8.09. The van der Waals surface area contributed by atoms with E-state index < -0.39 is 12.1 Å². The van der Waals surface area contributed by atoms with Crippen LogP contribution in [0.3, 0.4) is 0 Å². The predicted octanol–water partition coefficient (Wildman–Crippen LogP) is -0.00580. The molecule has 1 unspecified atom stereocenters. The molecule has 7 heteroatoms. The SMILES string of the molecule is CN=CC(=NC(C)OCC(N)=O)N1CCC(C)(CN)CC1. The molecule has 1 heterocycles. The summed E-state index contributed by atoms with van der Waals surface area (Å²) in [6.45, 7) is 6.34. The zero-order chi connectivity index (χ0) is 15.9. The first-order valence-corrected chi connectivity index (χ1v) is 7.25. The Hall–Kier alpha value is -1.47. The molecular formula is C14H27N5O2. The molecule has 0 radical (unpaired) electrons. The molecule has 0 aliphatic carbocycles. The van der Waals surface area contributed by atoms with E-state index in [2.05, 4.69) is 21.8 Å². The normalized spacial score (nSPS) is 20.8. The van der Waals surface area contributed by atoms with E-state index >= 15 is 0 Å². The number of aliphatic imine (C=N–C) groups is 2. The highest BCUT2D eigenvalue weighted by Crippen LogP contribution is 2.29. The number of primary amides is 1. The molecule has 1 saturated heterocycles. The maximum Gasteiger partial charge on any atom is 0.243 e. The number of carbonyl (C=O) groups is 1. The second-order valence-electron chi connectivity index (χ2n) is 5.75. The van der Waals surface area contributed by atoms with Gasteiger partial charge in [-0.05, 0) is 31.7 Å².